The zero-order valence-corrected chi connectivity index (χ0v) is 10.5. The van der Waals surface area contributed by atoms with Gasteiger partial charge in [0, 0.05) is 5.56 Å². The van der Waals surface area contributed by atoms with Gasteiger partial charge in [0.25, 0.3) is 0 Å². The van der Waals surface area contributed by atoms with E-state index in [1.165, 1.54) is 0 Å². The van der Waals surface area contributed by atoms with Crippen molar-refractivity contribution in [2.75, 3.05) is 0 Å². The molecule has 2 rings (SSSR count). The highest BCUT2D eigenvalue weighted by atomic mass is 19.4. The monoisotopic (exact) mass is 266 g/mol. The van der Waals surface area contributed by atoms with Gasteiger partial charge in [0.05, 0.1) is 5.56 Å². The summed E-state index contributed by atoms with van der Waals surface area (Å²) in [6.45, 7) is 3.72. The van der Waals surface area contributed by atoms with Gasteiger partial charge < -0.3 is 5.11 Å². The smallest absolute Gasteiger partial charge is 0.416 e. The second kappa shape index (κ2) is 4.61. The van der Waals surface area contributed by atoms with E-state index in [1.54, 1.807) is 12.1 Å². The van der Waals surface area contributed by atoms with E-state index in [9.17, 15) is 18.3 Å². The van der Waals surface area contributed by atoms with E-state index in [2.05, 4.69) is 0 Å². The van der Waals surface area contributed by atoms with E-state index in [0.29, 0.717) is 5.56 Å². The van der Waals surface area contributed by atoms with Gasteiger partial charge in [0.1, 0.15) is 5.75 Å². The van der Waals surface area contributed by atoms with E-state index >= 15 is 0 Å². The van der Waals surface area contributed by atoms with Crippen LogP contribution in [0, 0.1) is 13.8 Å². The van der Waals surface area contributed by atoms with Crippen molar-refractivity contribution in [2.45, 2.75) is 20.0 Å². The highest BCUT2D eigenvalue weighted by molar-refractivity contribution is 5.72. The van der Waals surface area contributed by atoms with Crippen molar-refractivity contribution in [3.63, 3.8) is 0 Å². The highest BCUT2D eigenvalue weighted by Gasteiger charge is 2.31. The van der Waals surface area contributed by atoms with Gasteiger partial charge in [-0.05, 0) is 37.6 Å². The number of hydrogen-bond donors (Lipinski definition) is 1. The number of halogens is 3. The van der Waals surface area contributed by atoms with E-state index in [0.717, 1.165) is 29.3 Å². The standard InChI is InChI=1S/C15H13F3O/c1-9-5-10(2)7-11(6-9)13-8-12(15(16,17)18)3-4-14(13)19/h3-8,19H,1-2H3. The van der Waals surface area contributed by atoms with Crippen LogP contribution < -0.4 is 0 Å². The third-order valence-electron chi connectivity index (χ3n) is 2.86. The first-order valence-electron chi connectivity index (χ1n) is 5.76. The van der Waals surface area contributed by atoms with Gasteiger partial charge in [-0.3, -0.25) is 0 Å². The van der Waals surface area contributed by atoms with Gasteiger partial charge in [0.15, 0.2) is 0 Å². The number of benzene rings is 2. The molecule has 0 aliphatic rings. The molecule has 0 saturated carbocycles. The first-order valence-corrected chi connectivity index (χ1v) is 5.76. The lowest BCUT2D eigenvalue weighted by Crippen LogP contribution is -2.04. The third-order valence-corrected chi connectivity index (χ3v) is 2.86. The van der Waals surface area contributed by atoms with Crippen LogP contribution in [0.2, 0.25) is 0 Å². The Bertz CT molecular complexity index is 595. The van der Waals surface area contributed by atoms with E-state index in [-0.39, 0.29) is 11.3 Å². The average Bonchev–Trinajstić information content (AvgIpc) is 2.26. The van der Waals surface area contributed by atoms with Crippen LogP contribution in [0.3, 0.4) is 0 Å². The van der Waals surface area contributed by atoms with Crippen LogP contribution in [0.25, 0.3) is 11.1 Å². The summed E-state index contributed by atoms with van der Waals surface area (Å²) in [7, 11) is 0. The van der Waals surface area contributed by atoms with Crippen molar-refractivity contribution in [3.8, 4) is 16.9 Å². The molecule has 0 aliphatic carbocycles. The van der Waals surface area contributed by atoms with Crippen molar-refractivity contribution in [1.29, 1.82) is 0 Å². The minimum atomic E-state index is -4.42. The predicted octanol–water partition coefficient (Wildman–Crippen LogP) is 4.69. The SMILES string of the molecule is Cc1cc(C)cc(-c2cc(C(F)(F)F)ccc2O)c1. The molecule has 0 unspecified atom stereocenters. The van der Waals surface area contributed by atoms with E-state index in [4.69, 9.17) is 0 Å². The van der Waals surface area contributed by atoms with Crippen LogP contribution in [0.1, 0.15) is 16.7 Å². The molecule has 2 aromatic rings. The van der Waals surface area contributed by atoms with Crippen molar-refractivity contribution in [1.82, 2.24) is 0 Å². The molecule has 1 N–H and O–H groups in total. The summed E-state index contributed by atoms with van der Waals surface area (Å²) in [5.41, 5.74) is 1.89. The molecule has 0 bridgehead atoms. The summed E-state index contributed by atoms with van der Waals surface area (Å²) in [4.78, 5) is 0. The Kier molecular flexibility index (Phi) is 3.27. The first kappa shape index (κ1) is 13.5. The Balaban J connectivity index is 2.61. The molecule has 0 radical (unpaired) electrons. The molecule has 0 spiro atoms. The summed E-state index contributed by atoms with van der Waals surface area (Å²) in [5.74, 6) is -0.155. The van der Waals surface area contributed by atoms with E-state index < -0.39 is 11.7 Å². The molecule has 1 nitrogen and oxygen atoms in total. The maximum Gasteiger partial charge on any atom is 0.416 e. The Morgan fingerprint density at radius 1 is 0.895 bits per heavy atom. The van der Waals surface area contributed by atoms with Gasteiger partial charge in [-0.2, -0.15) is 13.2 Å². The van der Waals surface area contributed by atoms with Gasteiger partial charge in [-0.25, -0.2) is 0 Å². The molecular formula is C15H13F3O. The lowest BCUT2D eigenvalue weighted by Gasteiger charge is -2.12. The molecule has 0 aromatic heterocycles. The van der Waals surface area contributed by atoms with Crippen molar-refractivity contribution in [2.24, 2.45) is 0 Å². The topological polar surface area (TPSA) is 20.2 Å². The fraction of sp³-hybridized carbons (Fsp3) is 0.200. The van der Waals surface area contributed by atoms with Crippen LogP contribution >= 0.6 is 0 Å². The van der Waals surface area contributed by atoms with Crippen LogP contribution in [-0.2, 0) is 6.18 Å². The van der Waals surface area contributed by atoms with Gasteiger partial charge in [-0.1, -0.05) is 29.3 Å². The van der Waals surface area contributed by atoms with Crippen LogP contribution in [0.15, 0.2) is 36.4 Å². The van der Waals surface area contributed by atoms with Gasteiger partial charge >= 0.3 is 6.18 Å². The van der Waals surface area contributed by atoms with Crippen molar-refractivity contribution < 1.29 is 18.3 Å². The van der Waals surface area contributed by atoms with Crippen molar-refractivity contribution in [3.05, 3.63) is 53.1 Å². The van der Waals surface area contributed by atoms with E-state index in [1.807, 2.05) is 19.9 Å². The molecule has 4 heteroatoms. The fourth-order valence-electron chi connectivity index (χ4n) is 2.07. The Morgan fingerprint density at radius 3 is 2.00 bits per heavy atom. The summed E-state index contributed by atoms with van der Waals surface area (Å²) >= 11 is 0. The Morgan fingerprint density at radius 2 is 1.47 bits per heavy atom. The number of hydrogen-bond acceptors (Lipinski definition) is 1. The Hall–Kier alpha value is -1.97. The molecule has 0 aliphatic heterocycles. The molecular weight excluding hydrogens is 253 g/mol. The maximum atomic E-state index is 12.7. The second-order valence-electron chi connectivity index (χ2n) is 4.61. The minimum Gasteiger partial charge on any atom is -0.507 e. The molecule has 0 saturated heterocycles. The predicted molar refractivity (Wildman–Crippen MR) is 68.0 cm³/mol. The number of aromatic hydroxyl groups is 1. The normalized spacial score (nSPS) is 11.6. The molecule has 0 amide bonds. The van der Waals surface area contributed by atoms with Crippen LogP contribution in [0.5, 0.6) is 5.75 Å². The lowest BCUT2D eigenvalue weighted by atomic mass is 9.98. The number of phenolic OH excluding ortho intramolecular Hbond substituents is 1. The largest absolute Gasteiger partial charge is 0.507 e. The second-order valence-corrected chi connectivity index (χ2v) is 4.61. The lowest BCUT2D eigenvalue weighted by molar-refractivity contribution is -0.137. The fourth-order valence-corrected chi connectivity index (χ4v) is 2.07. The molecule has 0 fully saturated rings. The number of phenols is 1. The molecule has 0 heterocycles. The minimum absolute atomic E-state index is 0.155. The summed E-state index contributed by atoms with van der Waals surface area (Å²) in [6, 6.07) is 8.36. The zero-order chi connectivity index (χ0) is 14.2. The first-order chi connectivity index (χ1) is 8.77. The molecule has 2 aromatic carbocycles. The highest BCUT2D eigenvalue weighted by Crippen LogP contribution is 2.37. The van der Waals surface area contributed by atoms with Gasteiger partial charge in [-0.15, -0.1) is 0 Å². The summed E-state index contributed by atoms with van der Waals surface area (Å²) < 4.78 is 38.1. The zero-order valence-electron chi connectivity index (χ0n) is 10.5. The van der Waals surface area contributed by atoms with Crippen molar-refractivity contribution >= 4 is 0 Å². The molecule has 19 heavy (non-hydrogen) atoms. The van der Waals surface area contributed by atoms with Gasteiger partial charge in [0.2, 0.25) is 0 Å². The Labute approximate surface area is 109 Å². The van der Waals surface area contributed by atoms with Crippen LogP contribution in [-0.4, -0.2) is 5.11 Å². The average molecular weight is 266 g/mol. The van der Waals surface area contributed by atoms with Crippen LogP contribution in [0.4, 0.5) is 13.2 Å². The maximum absolute atomic E-state index is 12.7. The summed E-state index contributed by atoms with van der Waals surface area (Å²) in [6.07, 6.45) is -4.42. The summed E-state index contributed by atoms with van der Waals surface area (Å²) in [5, 5.41) is 9.77. The molecule has 0 atom stereocenters. The number of rotatable bonds is 1. The molecule has 100 valence electrons. The third kappa shape index (κ3) is 2.89. The number of aryl methyl sites for hydroxylation is 2. The quantitative estimate of drug-likeness (QED) is 0.793. The number of alkyl halides is 3.